The predicted molar refractivity (Wildman–Crippen MR) is 99.1 cm³/mol. The summed E-state index contributed by atoms with van der Waals surface area (Å²) in [6, 6.07) is 14.7. The average molecular weight is 357 g/mol. The van der Waals surface area contributed by atoms with E-state index in [0.29, 0.717) is 42.3 Å². The van der Waals surface area contributed by atoms with Crippen molar-refractivity contribution in [2.24, 2.45) is 0 Å². The first-order valence-corrected chi connectivity index (χ1v) is 8.84. The number of hydrogen-bond acceptors (Lipinski definition) is 2. The smallest absolute Gasteiger partial charge is 0.255 e. The van der Waals surface area contributed by atoms with Crippen LogP contribution in [0.4, 0.5) is 0 Å². The minimum absolute atomic E-state index is 0.0238. The van der Waals surface area contributed by atoms with E-state index in [1.165, 1.54) is 0 Å². The molecule has 0 bridgehead atoms. The minimum Gasteiger partial charge on any atom is -0.337 e. The monoisotopic (exact) mass is 356 g/mol. The van der Waals surface area contributed by atoms with E-state index in [9.17, 15) is 9.59 Å². The van der Waals surface area contributed by atoms with Gasteiger partial charge in [0.1, 0.15) is 0 Å². The van der Waals surface area contributed by atoms with Gasteiger partial charge >= 0.3 is 0 Å². The lowest BCUT2D eigenvalue weighted by molar-refractivity contribution is 0.0719. The maximum absolute atomic E-state index is 12.7. The van der Waals surface area contributed by atoms with Crippen LogP contribution in [0, 0.1) is 6.92 Å². The van der Waals surface area contributed by atoms with E-state index >= 15 is 0 Å². The van der Waals surface area contributed by atoms with E-state index in [4.69, 9.17) is 11.6 Å². The van der Waals surface area contributed by atoms with Gasteiger partial charge in [0.2, 0.25) is 0 Å². The second kappa shape index (κ2) is 7.70. The number of amides is 2. The van der Waals surface area contributed by atoms with Crippen LogP contribution in [0.15, 0.2) is 48.5 Å². The zero-order valence-corrected chi connectivity index (χ0v) is 15.0. The van der Waals surface area contributed by atoms with Crippen molar-refractivity contribution in [2.45, 2.75) is 13.3 Å². The molecule has 0 unspecified atom stereocenters. The first-order valence-electron chi connectivity index (χ1n) is 8.46. The second-order valence-electron chi connectivity index (χ2n) is 6.29. The van der Waals surface area contributed by atoms with Crippen molar-refractivity contribution in [3.05, 3.63) is 70.2 Å². The third-order valence-electron chi connectivity index (χ3n) is 4.44. The van der Waals surface area contributed by atoms with Crippen LogP contribution in [0.1, 0.15) is 32.7 Å². The van der Waals surface area contributed by atoms with Crippen molar-refractivity contribution < 1.29 is 9.59 Å². The summed E-state index contributed by atoms with van der Waals surface area (Å²) in [4.78, 5) is 29.0. The lowest BCUT2D eigenvalue weighted by Crippen LogP contribution is -2.37. The van der Waals surface area contributed by atoms with Crippen LogP contribution in [-0.2, 0) is 0 Å². The Bertz CT molecular complexity index is 791. The van der Waals surface area contributed by atoms with Crippen LogP contribution in [0.25, 0.3) is 0 Å². The van der Waals surface area contributed by atoms with Gasteiger partial charge in [-0.15, -0.1) is 0 Å². The molecular formula is C20H21ClN2O2. The zero-order chi connectivity index (χ0) is 17.8. The second-order valence-corrected chi connectivity index (χ2v) is 6.69. The highest BCUT2D eigenvalue weighted by Gasteiger charge is 2.24. The predicted octanol–water partition coefficient (Wildman–Crippen LogP) is 3.64. The Balaban J connectivity index is 1.69. The van der Waals surface area contributed by atoms with Crippen molar-refractivity contribution in [3.63, 3.8) is 0 Å². The third kappa shape index (κ3) is 4.02. The molecular weight excluding hydrogens is 336 g/mol. The third-order valence-corrected chi connectivity index (χ3v) is 4.77. The van der Waals surface area contributed by atoms with Gasteiger partial charge in [-0.1, -0.05) is 41.4 Å². The van der Waals surface area contributed by atoms with Gasteiger partial charge in [0.05, 0.1) is 10.6 Å². The molecule has 25 heavy (non-hydrogen) atoms. The Morgan fingerprint density at radius 3 is 2.24 bits per heavy atom. The minimum atomic E-state index is -0.0737. The summed E-state index contributed by atoms with van der Waals surface area (Å²) in [5.74, 6) is -0.0498. The molecule has 1 aliphatic heterocycles. The summed E-state index contributed by atoms with van der Waals surface area (Å²) in [5, 5.41) is 0.462. The molecule has 0 N–H and O–H groups in total. The highest BCUT2D eigenvalue weighted by Crippen LogP contribution is 2.18. The number of hydrogen-bond donors (Lipinski definition) is 0. The quantitative estimate of drug-likeness (QED) is 0.824. The molecule has 2 aromatic carbocycles. The molecule has 0 aliphatic carbocycles. The van der Waals surface area contributed by atoms with E-state index in [1.54, 1.807) is 17.0 Å². The summed E-state index contributed by atoms with van der Waals surface area (Å²) >= 11 is 6.14. The Labute approximate surface area is 153 Å². The van der Waals surface area contributed by atoms with Crippen LogP contribution in [0.5, 0.6) is 0 Å². The van der Waals surface area contributed by atoms with E-state index < -0.39 is 0 Å². The van der Waals surface area contributed by atoms with Crippen molar-refractivity contribution in [1.82, 2.24) is 9.80 Å². The molecule has 2 aromatic rings. The van der Waals surface area contributed by atoms with Crippen molar-refractivity contribution in [2.75, 3.05) is 26.2 Å². The summed E-state index contributed by atoms with van der Waals surface area (Å²) in [6.07, 6.45) is 0.758. The normalized spacial score (nSPS) is 15.0. The highest BCUT2D eigenvalue weighted by atomic mass is 35.5. The van der Waals surface area contributed by atoms with E-state index in [0.717, 1.165) is 12.0 Å². The van der Waals surface area contributed by atoms with Gasteiger partial charge in [0.25, 0.3) is 11.8 Å². The van der Waals surface area contributed by atoms with Gasteiger partial charge in [0.15, 0.2) is 0 Å². The molecule has 0 atom stereocenters. The van der Waals surface area contributed by atoms with Crippen LogP contribution < -0.4 is 0 Å². The van der Waals surface area contributed by atoms with Gasteiger partial charge in [0, 0.05) is 31.7 Å². The van der Waals surface area contributed by atoms with Gasteiger partial charge < -0.3 is 9.80 Å². The zero-order valence-electron chi connectivity index (χ0n) is 14.2. The Morgan fingerprint density at radius 1 is 0.880 bits per heavy atom. The molecule has 2 amide bonds. The Hall–Kier alpha value is -2.33. The number of benzene rings is 2. The molecule has 130 valence electrons. The standard InChI is InChI=1S/C20H21ClN2O2/c1-15-6-4-7-16(14-15)19(24)22-10-5-11-23(13-12-22)20(25)17-8-2-3-9-18(17)21/h2-4,6-9,14H,5,10-13H2,1H3. The molecule has 1 aliphatic rings. The highest BCUT2D eigenvalue weighted by molar-refractivity contribution is 6.33. The fraction of sp³-hybridized carbons (Fsp3) is 0.300. The van der Waals surface area contributed by atoms with Crippen LogP contribution >= 0.6 is 11.6 Å². The lowest BCUT2D eigenvalue weighted by Gasteiger charge is -2.22. The first-order chi connectivity index (χ1) is 12.1. The Kier molecular flexibility index (Phi) is 5.39. The summed E-state index contributed by atoms with van der Waals surface area (Å²) < 4.78 is 0. The van der Waals surface area contributed by atoms with E-state index in [1.807, 2.05) is 48.2 Å². The number of halogens is 1. The number of nitrogens with zero attached hydrogens (tertiary/aromatic N) is 2. The summed E-state index contributed by atoms with van der Waals surface area (Å²) in [7, 11) is 0. The van der Waals surface area contributed by atoms with Gasteiger partial charge in [-0.05, 0) is 37.6 Å². The lowest BCUT2D eigenvalue weighted by atomic mass is 10.1. The number of rotatable bonds is 2. The fourth-order valence-corrected chi connectivity index (χ4v) is 3.31. The SMILES string of the molecule is Cc1cccc(C(=O)N2CCCN(C(=O)c3ccccc3Cl)CC2)c1. The molecule has 0 radical (unpaired) electrons. The molecule has 0 saturated carbocycles. The summed E-state index contributed by atoms with van der Waals surface area (Å²) in [6.45, 7) is 4.30. The first kappa shape index (κ1) is 17.5. The van der Waals surface area contributed by atoms with Gasteiger partial charge in [-0.3, -0.25) is 9.59 Å². The molecule has 0 aromatic heterocycles. The number of carbonyl (C=O) groups is 2. The van der Waals surface area contributed by atoms with Gasteiger partial charge in [-0.25, -0.2) is 0 Å². The van der Waals surface area contributed by atoms with Crippen LogP contribution in [-0.4, -0.2) is 47.8 Å². The molecule has 1 saturated heterocycles. The van der Waals surface area contributed by atoms with Crippen molar-refractivity contribution in [3.8, 4) is 0 Å². The molecule has 4 nitrogen and oxygen atoms in total. The number of aryl methyl sites for hydroxylation is 1. The maximum atomic E-state index is 12.7. The van der Waals surface area contributed by atoms with Crippen LogP contribution in [0.3, 0.4) is 0 Å². The van der Waals surface area contributed by atoms with Gasteiger partial charge in [-0.2, -0.15) is 0 Å². The van der Waals surface area contributed by atoms with E-state index in [-0.39, 0.29) is 11.8 Å². The molecule has 1 heterocycles. The topological polar surface area (TPSA) is 40.6 Å². The summed E-state index contributed by atoms with van der Waals surface area (Å²) in [5.41, 5.74) is 2.28. The van der Waals surface area contributed by atoms with Crippen molar-refractivity contribution >= 4 is 23.4 Å². The molecule has 5 heteroatoms. The molecule has 1 fully saturated rings. The maximum Gasteiger partial charge on any atom is 0.255 e. The Morgan fingerprint density at radius 2 is 1.56 bits per heavy atom. The van der Waals surface area contributed by atoms with Crippen molar-refractivity contribution in [1.29, 1.82) is 0 Å². The fourth-order valence-electron chi connectivity index (χ4n) is 3.09. The van der Waals surface area contributed by atoms with Crippen LogP contribution in [0.2, 0.25) is 5.02 Å². The average Bonchev–Trinajstić information content (AvgIpc) is 2.87. The van der Waals surface area contributed by atoms with E-state index in [2.05, 4.69) is 0 Å². The largest absolute Gasteiger partial charge is 0.337 e. The molecule has 0 spiro atoms. The number of carbonyl (C=O) groups excluding carboxylic acids is 2. The molecule has 3 rings (SSSR count).